The molecule has 16 heteroatoms. The average Bonchev–Trinajstić information content (AvgIpc) is 3.96. The van der Waals surface area contributed by atoms with Crippen LogP contribution in [0.25, 0.3) is 11.0 Å². The van der Waals surface area contributed by atoms with Crippen molar-refractivity contribution in [1.82, 2.24) is 30.2 Å². The number of para-hydroxylation sites is 1. The number of fused-ring (bicyclic) bond motifs is 3. The summed E-state index contributed by atoms with van der Waals surface area (Å²) in [4.78, 5) is 65.2. The molecule has 1 aromatic heterocycles. The van der Waals surface area contributed by atoms with Gasteiger partial charge in [-0.2, -0.15) is 0 Å². The maximum Gasteiger partial charge on any atom is 0.408 e. The number of carbonyl (C=O) groups excluding carboxylic acids is 4. The summed E-state index contributed by atoms with van der Waals surface area (Å²) < 4.78 is 54.0. The summed E-state index contributed by atoms with van der Waals surface area (Å²) in [5.41, 5.74) is -1.64. The van der Waals surface area contributed by atoms with E-state index < -0.39 is 80.2 Å². The molecule has 4 amide bonds. The normalized spacial score (nSPS) is 28.0. The van der Waals surface area contributed by atoms with Crippen molar-refractivity contribution in [3.8, 4) is 5.88 Å². The third-order valence-corrected chi connectivity index (χ3v) is 11.4. The van der Waals surface area contributed by atoms with Crippen molar-refractivity contribution < 1.29 is 41.5 Å². The van der Waals surface area contributed by atoms with Gasteiger partial charge in [0.1, 0.15) is 40.5 Å². The largest absolute Gasteiger partial charge is 0.471 e. The van der Waals surface area contributed by atoms with Crippen molar-refractivity contribution in [2.24, 2.45) is 5.92 Å². The maximum absolute atomic E-state index is 14.6. The number of nitrogens with zero attached hydrogens (tertiary/aromatic N) is 3. The van der Waals surface area contributed by atoms with Crippen LogP contribution in [0.5, 0.6) is 5.88 Å². The lowest BCUT2D eigenvalue weighted by atomic mass is 10.0. The molecular weight excluding hydrogens is 683 g/mol. The summed E-state index contributed by atoms with van der Waals surface area (Å²) in [5.74, 6) is -3.05. The van der Waals surface area contributed by atoms with Crippen LogP contribution in [0.2, 0.25) is 0 Å². The SMILES string of the molecule is Cc1nc2cccc(F)c2nc1O[C@@H]1C[C@H]2C(=O)N[C@]3(C(=O)NS(=O)(=O)C4CC4)C[C@H]3/C=C\CCCCC[C@H](NC(=O)OC(C)(C)C)C(=O)N2C1. The van der Waals surface area contributed by atoms with E-state index in [0.29, 0.717) is 36.9 Å². The van der Waals surface area contributed by atoms with E-state index in [2.05, 4.69) is 25.3 Å². The predicted molar refractivity (Wildman–Crippen MR) is 183 cm³/mol. The number of rotatable bonds is 6. The Labute approximate surface area is 296 Å². The molecule has 0 radical (unpaired) electrons. The number of hydrogen-bond acceptors (Lipinski definition) is 10. The van der Waals surface area contributed by atoms with Crippen molar-refractivity contribution in [3.63, 3.8) is 0 Å². The van der Waals surface area contributed by atoms with Gasteiger partial charge in [0.05, 0.1) is 17.3 Å². The van der Waals surface area contributed by atoms with E-state index in [1.54, 1.807) is 33.8 Å². The number of sulfonamides is 1. The van der Waals surface area contributed by atoms with Crippen LogP contribution in [-0.4, -0.2) is 88.2 Å². The molecule has 0 unspecified atom stereocenters. The minimum atomic E-state index is -3.91. The van der Waals surface area contributed by atoms with Gasteiger partial charge in [-0.25, -0.2) is 27.6 Å². The molecule has 1 aromatic carbocycles. The fourth-order valence-corrected chi connectivity index (χ4v) is 8.05. The molecule has 4 aliphatic rings. The number of nitrogens with one attached hydrogen (secondary N) is 3. The Balaban J connectivity index is 1.31. The zero-order valence-corrected chi connectivity index (χ0v) is 30.1. The second-order valence-electron chi connectivity index (χ2n) is 14.9. The number of amides is 4. The molecule has 3 heterocycles. The first-order valence-corrected chi connectivity index (χ1v) is 19.1. The summed E-state index contributed by atoms with van der Waals surface area (Å²) in [5, 5.41) is 4.87. The van der Waals surface area contributed by atoms with Crippen LogP contribution in [0.1, 0.15) is 84.3 Å². The zero-order valence-electron chi connectivity index (χ0n) is 29.2. The van der Waals surface area contributed by atoms with E-state index in [0.717, 1.165) is 12.8 Å². The van der Waals surface area contributed by atoms with Crippen LogP contribution in [0.3, 0.4) is 0 Å². The Morgan fingerprint density at radius 3 is 2.59 bits per heavy atom. The molecule has 2 saturated carbocycles. The van der Waals surface area contributed by atoms with Gasteiger partial charge in [-0.1, -0.05) is 31.1 Å². The molecule has 2 aliphatic heterocycles. The Morgan fingerprint density at radius 1 is 1.10 bits per heavy atom. The molecule has 51 heavy (non-hydrogen) atoms. The number of halogens is 1. The number of alkyl carbamates (subject to hydrolysis) is 1. The molecule has 5 atom stereocenters. The molecule has 1 saturated heterocycles. The number of ether oxygens (including phenoxy) is 2. The number of allylic oxidation sites excluding steroid dienone is 1. The zero-order chi connectivity index (χ0) is 36.7. The Bertz CT molecular complexity index is 1860. The van der Waals surface area contributed by atoms with Gasteiger partial charge < -0.3 is 25.0 Å². The number of aryl methyl sites for hydroxylation is 1. The minimum Gasteiger partial charge on any atom is -0.471 e. The van der Waals surface area contributed by atoms with Crippen LogP contribution in [0, 0.1) is 18.7 Å². The third-order valence-electron chi connectivity index (χ3n) is 9.59. The van der Waals surface area contributed by atoms with Gasteiger partial charge in [0, 0.05) is 12.3 Å². The Kier molecular flexibility index (Phi) is 10.0. The van der Waals surface area contributed by atoms with Crippen LogP contribution < -0.4 is 20.1 Å². The number of carbonyl (C=O) groups is 4. The second-order valence-corrected chi connectivity index (χ2v) is 16.9. The maximum atomic E-state index is 14.6. The predicted octanol–water partition coefficient (Wildman–Crippen LogP) is 3.32. The Morgan fingerprint density at radius 2 is 1.86 bits per heavy atom. The van der Waals surface area contributed by atoms with Crippen molar-refractivity contribution >= 4 is 44.9 Å². The van der Waals surface area contributed by atoms with Crippen LogP contribution in [-0.2, 0) is 29.1 Å². The molecule has 2 aromatic rings. The molecule has 3 fully saturated rings. The molecule has 6 rings (SSSR count). The van der Waals surface area contributed by atoms with Crippen molar-refractivity contribution in [2.45, 2.75) is 120 Å². The smallest absolute Gasteiger partial charge is 0.408 e. The molecule has 276 valence electrons. The monoisotopic (exact) mass is 728 g/mol. The number of benzene rings is 1. The first kappa shape index (κ1) is 36.5. The van der Waals surface area contributed by atoms with E-state index in [-0.39, 0.29) is 37.2 Å². The highest BCUT2D eigenvalue weighted by molar-refractivity contribution is 7.91. The van der Waals surface area contributed by atoms with E-state index in [1.807, 2.05) is 12.2 Å². The molecular formula is C35H45FN6O8S. The van der Waals surface area contributed by atoms with E-state index in [4.69, 9.17) is 9.47 Å². The van der Waals surface area contributed by atoms with Gasteiger partial charge in [-0.3, -0.25) is 19.1 Å². The van der Waals surface area contributed by atoms with Gasteiger partial charge in [0.25, 0.3) is 5.91 Å². The topological polar surface area (TPSA) is 186 Å². The molecule has 2 aliphatic carbocycles. The highest BCUT2D eigenvalue weighted by Crippen LogP contribution is 2.46. The number of aromatic nitrogens is 2. The first-order valence-electron chi connectivity index (χ1n) is 17.5. The van der Waals surface area contributed by atoms with Crippen molar-refractivity contribution in [2.75, 3.05) is 6.54 Å². The molecule has 14 nitrogen and oxygen atoms in total. The third kappa shape index (κ3) is 8.26. The van der Waals surface area contributed by atoms with Crippen LogP contribution in [0.4, 0.5) is 9.18 Å². The van der Waals surface area contributed by atoms with E-state index >= 15 is 0 Å². The lowest BCUT2D eigenvalue weighted by molar-refractivity contribution is -0.141. The fraction of sp³-hybridized carbons (Fsp3) is 0.600. The highest BCUT2D eigenvalue weighted by Gasteiger charge is 2.62. The standard InChI is InChI=1S/C35H45FN6O8S/c1-20-30(39-28-24(36)12-10-14-25(28)37-20)49-22-17-27-29(43)40-35(32(45)41-51(47,48)23-15-16-23)18-21(35)11-8-6-5-7-9-13-26(31(44)42(27)19-22)38-33(46)50-34(2,3)4/h8,10-12,14,21-23,26-27H,5-7,9,13,15-19H2,1-4H3,(H,38,46)(H,40,43)(H,41,45)/b11-8-/t21-,22-,26+,27+,35-/m1/s1. The summed E-state index contributed by atoms with van der Waals surface area (Å²) in [6.45, 7) is 6.67. The minimum absolute atomic E-state index is 0.00308. The van der Waals surface area contributed by atoms with Crippen molar-refractivity contribution in [1.29, 1.82) is 0 Å². The average molecular weight is 729 g/mol. The molecule has 0 bridgehead atoms. The Hall–Kier alpha value is -4.34. The highest BCUT2D eigenvalue weighted by atomic mass is 32.2. The molecule has 0 spiro atoms. The summed E-state index contributed by atoms with van der Waals surface area (Å²) in [6.07, 6.45) is 6.28. The first-order chi connectivity index (χ1) is 24.1. The van der Waals surface area contributed by atoms with Gasteiger partial charge in [0.15, 0.2) is 5.82 Å². The molecule has 3 N–H and O–H groups in total. The second kappa shape index (κ2) is 14.0. The lowest BCUT2D eigenvalue weighted by Gasteiger charge is -2.30. The summed E-state index contributed by atoms with van der Waals surface area (Å²) in [6, 6.07) is 2.19. The summed E-state index contributed by atoms with van der Waals surface area (Å²) >= 11 is 0. The lowest BCUT2D eigenvalue weighted by Crippen LogP contribution is -2.58. The fourth-order valence-electron chi connectivity index (χ4n) is 6.68. The van der Waals surface area contributed by atoms with Crippen molar-refractivity contribution in [3.05, 3.63) is 41.9 Å². The van der Waals surface area contributed by atoms with Gasteiger partial charge in [-0.05, 0) is 78.4 Å². The van der Waals surface area contributed by atoms with Crippen LogP contribution >= 0.6 is 0 Å². The van der Waals surface area contributed by atoms with Gasteiger partial charge in [-0.15, -0.1) is 0 Å². The van der Waals surface area contributed by atoms with Gasteiger partial charge >= 0.3 is 6.09 Å². The quantitative estimate of drug-likeness (QED) is 0.373. The van der Waals surface area contributed by atoms with E-state index in [9.17, 15) is 32.0 Å². The van der Waals surface area contributed by atoms with Crippen LogP contribution in [0.15, 0.2) is 30.4 Å². The van der Waals surface area contributed by atoms with Gasteiger partial charge in [0.2, 0.25) is 27.7 Å². The summed E-state index contributed by atoms with van der Waals surface area (Å²) in [7, 11) is -3.91. The van der Waals surface area contributed by atoms with E-state index in [1.165, 1.54) is 17.0 Å². The number of hydrogen-bond donors (Lipinski definition) is 3.